The van der Waals surface area contributed by atoms with Gasteiger partial charge >= 0.3 is 0 Å². The number of fused-ring (bicyclic) bond motifs is 1. The van der Waals surface area contributed by atoms with Gasteiger partial charge in [0.1, 0.15) is 4.70 Å². The molecule has 4 rings (SSSR count). The summed E-state index contributed by atoms with van der Waals surface area (Å²) in [5.74, 6) is -0.0421. The molecule has 2 heterocycles. The van der Waals surface area contributed by atoms with Crippen molar-refractivity contribution in [1.82, 2.24) is 14.5 Å². The van der Waals surface area contributed by atoms with Gasteiger partial charge in [0.15, 0.2) is 14.8 Å². The van der Waals surface area contributed by atoms with Crippen LogP contribution in [-0.2, 0) is 4.79 Å². The van der Waals surface area contributed by atoms with Crippen molar-refractivity contribution in [2.75, 3.05) is 11.1 Å². The maximum atomic E-state index is 12.6. The van der Waals surface area contributed by atoms with Crippen LogP contribution in [0.2, 0.25) is 0 Å². The first-order valence-electron chi connectivity index (χ1n) is 9.13. The van der Waals surface area contributed by atoms with Crippen molar-refractivity contribution in [2.24, 2.45) is 0 Å². The number of hydrogen-bond acceptors (Lipinski definition) is 6. The number of carbonyl (C=O) groups is 1. The Morgan fingerprint density at radius 1 is 1.23 bits per heavy atom. The summed E-state index contributed by atoms with van der Waals surface area (Å²) in [7, 11) is 0. The molecule has 30 heavy (non-hydrogen) atoms. The number of benzene rings is 2. The maximum absolute atomic E-state index is 12.6. The summed E-state index contributed by atoms with van der Waals surface area (Å²) >= 11 is 7.86. The largest absolute Gasteiger partial charge is 0.325 e. The van der Waals surface area contributed by atoms with Crippen LogP contribution in [0.1, 0.15) is 11.1 Å². The number of rotatable bonds is 5. The molecular formula is C21H18N4O2S3. The molecule has 2 N–H and O–H groups in total. The first-order chi connectivity index (χ1) is 14.4. The standard InChI is InChI=1S/C21H18N4O2S3/c1-12-8-9-13(2)15(10-12)22-16(26)11-29-20-23-18-17(19(27)24-20)30-21(28)25(18)14-6-4-3-5-7-14/h3-10H,11H2,1-2H3,(H,22,26)(H,23,24,27). The Bertz CT molecular complexity index is 1360. The highest BCUT2D eigenvalue weighted by atomic mass is 32.2. The number of aromatic amines is 1. The van der Waals surface area contributed by atoms with Crippen LogP contribution in [0.4, 0.5) is 5.69 Å². The molecular weight excluding hydrogens is 436 g/mol. The molecule has 0 saturated carbocycles. The SMILES string of the molecule is Cc1ccc(C)c(NC(=O)CSc2nc3c(sc(=S)n3-c3ccccc3)c(=O)[nH]2)c1. The van der Waals surface area contributed by atoms with Crippen molar-refractivity contribution in [3.8, 4) is 5.69 Å². The number of H-pyrrole nitrogens is 1. The molecule has 9 heteroatoms. The van der Waals surface area contributed by atoms with E-state index in [-0.39, 0.29) is 17.2 Å². The van der Waals surface area contributed by atoms with Crippen molar-refractivity contribution >= 4 is 57.3 Å². The number of nitrogens with one attached hydrogen (secondary N) is 2. The van der Waals surface area contributed by atoms with Crippen LogP contribution in [0.3, 0.4) is 0 Å². The van der Waals surface area contributed by atoms with Gasteiger partial charge in [0.05, 0.1) is 5.75 Å². The third-order valence-electron chi connectivity index (χ3n) is 4.44. The van der Waals surface area contributed by atoms with E-state index in [2.05, 4.69) is 15.3 Å². The van der Waals surface area contributed by atoms with Crippen molar-refractivity contribution in [1.29, 1.82) is 0 Å². The first-order valence-corrected chi connectivity index (χ1v) is 11.3. The number of aryl methyl sites for hydroxylation is 2. The van der Waals surface area contributed by atoms with Crippen LogP contribution in [0.5, 0.6) is 0 Å². The molecule has 0 aliphatic heterocycles. The molecule has 0 aliphatic carbocycles. The Hall–Kier alpha value is -2.75. The Morgan fingerprint density at radius 2 is 2.00 bits per heavy atom. The van der Waals surface area contributed by atoms with Gasteiger partial charge in [0.2, 0.25) is 5.91 Å². The lowest BCUT2D eigenvalue weighted by Crippen LogP contribution is -2.16. The van der Waals surface area contributed by atoms with Crippen molar-refractivity contribution in [3.05, 3.63) is 74.0 Å². The third-order valence-corrected chi connectivity index (χ3v) is 6.68. The zero-order valence-corrected chi connectivity index (χ0v) is 18.7. The van der Waals surface area contributed by atoms with Gasteiger partial charge in [-0.3, -0.25) is 14.2 Å². The minimum absolute atomic E-state index is 0.123. The number of thiazole rings is 1. The van der Waals surface area contributed by atoms with E-state index < -0.39 is 0 Å². The molecule has 0 spiro atoms. The average molecular weight is 455 g/mol. The van der Waals surface area contributed by atoms with Gasteiger partial charge in [0, 0.05) is 11.4 Å². The van der Waals surface area contributed by atoms with Crippen LogP contribution in [0, 0.1) is 17.8 Å². The topological polar surface area (TPSA) is 79.8 Å². The van der Waals surface area contributed by atoms with E-state index in [1.54, 1.807) is 4.57 Å². The Labute approximate surface area is 186 Å². The predicted molar refractivity (Wildman–Crippen MR) is 126 cm³/mol. The highest BCUT2D eigenvalue weighted by Crippen LogP contribution is 2.25. The van der Waals surface area contributed by atoms with Crippen LogP contribution in [0.15, 0.2) is 58.5 Å². The Balaban J connectivity index is 1.59. The van der Waals surface area contributed by atoms with E-state index in [9.17, 15) is 9.59 Å². The molecule has 4 aromatic rings. The molecule has 0 bridgehead atoms. The highest BCUT2D eigenvalue weighted by Gasteiger charge is 2.15. The molecule has 2 aromatic heterocycles. The van der Waals surface area contributed by atoms with Gasteiger partial charge in [-0.1, -0.05) is 53.4 Å². The van der Waals surface area contributed by atoms with Crippen molar-refractivity contribution < 1.29 is 4.79 Å². The van der Waals surface area contributed by atoms with Crippen LogP contribution in [-0.4, -0.2) is 26.2 Å². The monoisotopic (exact) mass is 454 g/mol. The second-order valence-electron chi connectivity index (χ2n) is 6.72. The third kappa shape index (κ3) is 4.23. The van der Waals surface area contributed by atoms with Crippen LogP contribution in [0.25, 0.3) is 16.0 Å². The zero-order chi connectivity index (χ0) is 21.3. The van der Waals surface area contributed by atoms with Gasteiger partial charge in [0.25, 0.3) is 5.56 Å². The van der Waals surface area contributed by atoms with E-state index in [4.69, 9.17) is 12.2 Å². The molecule has 0 atom stereocenters. The summed E-state index contributed by atoms with van der Waals surface area (Å²) in [6, 6.07) is 15.4. The molecule has 0 fully saturated rings. The molecule has 0 saturated heterocycles. The second kappa shape index (κ2) is 8.55. The molecule has 6 nitrogen and oxygen atoms in total. The minimum atomic E-state index is -0.261. The smallest absolute Gasteiger partial charge is 0.271 e. The van der Waals surface area contributed by atoms with Gasteiger partial charge in [-0.05, 0) is 55.4 Å². The number of nitrogens with zero attached hydrogens (tertiary/aromatic N) is 2. The van der Waals surface area contributed by atoms with E-state index in [1.165, 1.54) is 23.1 Å². The number of thioether (sulfide) groups is 1. The first kappa shape index (κ1) is 20.5. The summed E-state index contributed by atoms with van der Waals surface area (Å²) in [4.78, 5) is 32.3. The number of carbonyl (C=O) groups excluding carboxylic acids is 1. The van der Waals surface area contributed by atoms with Gasteiger partial charge in [-0.25, -0.2) is 4.98 Å². The molecule has 1 amide bonds. The quantitative estimate of drug-likeness (QED) is 0.256. The van der Waals surface area contributed by atoms with Gasteiger partial charge in [-0.2, -0.15) is 0 Å². The summed E-state index contributed by atoms with van der Waals surface area (Å²) in [5, 5.41) is 3.29. The summed E-state index contributed by atoms with van der Waals surface area (Å²) < 4.78 is 2.79. The van der Waals surface area contributed by atoms with Gasteiger partial charge < -0.3 is 10.3 Å². The predicted octanol–water partition coefficient (Wildman–Crippen LogP) is 4.85. The summed E-state index contributed by atoms with van der Waals surface area (Å²) in [6.45, 7) is 3.92. The fourth-order valence-corrected chi connectivity index (χ4v) is 4.88. The average Bonchev–Trinajstić information content (AvgIpc) is 3.06. The molecule has 0 radical (unpaired) electrons. The molecule has 0 aliphatic rings. The normalized spacial score (nSPS) is 11.0. The lowest BCUT2D eigenvalue weighted by molar-refractivity contribution is -0.113. The fourth-order valence-electron chi connectivity index (χ4n) is 2.96. The number of amides is 1. The van der Waals surface area contributed by atoms with Crippen LogP contribution < -0.4 is 10.9 Å². The number of hydrogen-bond donors (Lipinski definition) is 2. The lowest BCUT2D eigenvalue weighted by atomic mass is 10.1. The highest BCUT2D eigenvalue weighted by molar-refractivity contribution is 7.99. The van der Waals surface area contributed by atoms with Gasteiger partial charge in [-0.15, -0.1) is 0 Å². The number of anilines is 1. The zero-order valence-electron chi connectivity index (χ0n) is 16.3. The summed E-state index contributed by atoms with van der Waals surface area (Å²) in [5.41, 5.74) is 3.93. The second-order valence-corrected chi connectivity index (χ2v) is 9.33. The van der Waals surface area contributed by atoms with Crippen molar-refractivity contribution in [2.45, 2.75) is 19.0 Å². The van der Waals surface area contributed by atoms with E-state index >= 15 is 0 Å². The molecule has 0 unspecified atom stereocenters. The Kier molecular flexibility index (Phi) is 5.85. The van der Waals surface area contributed by atoms with E-state index in [1.807, 2.05) is 62.4 Å². The van der Waals surface area contributed by atoms with E-state index in [0.717, 1.165) is 22.5 Å². The van der Waals surface area contributed by atoms with Crippen LogP contribution >= 0.6 is 35.3 Å². The fraction of sp³-hybridized carbons (Fsp3) is 0.143. The minimum Gasteiger partial charge on any atom is -0.325 e. The summed E-state index contributed by atoms with van der Waals surface area (Å²) in [6.07, 6.45) is 0. The molecule has 152 valence electrons. The van der Waals surface area contributed by atoms with Crippen molar-refractivity contribution in [3.63, 3.8) is 0 Å². The Morgan fingerprint density at radius 3 is 2.77 bits per heavy atom. The van der Waals surface area contributed by atoms with E-state index in [0.29, 0.717) is 19.5 Å². The lowest BCUT2D eigenvalue weighted by Gasteiger charge is -2.09. The maximum Gasteiger partial charge on any atom is 0.271 e. The molecule has 2 aromatic carbocycles. The number of para-hydroxylation sites is 1. The number of aromatic nitrogens is 3.